The first-order chi connectivity index (χ1) is 34.5. The fourth-order valence-corrected chi connectivity index (χ4v) is 11.1. The van der Waals surface area contributed by atoms with Crippen LogP contribution in [0.3, 0.4) is 0 Å². The van der Waals surface area contributed by atoms with Crippen LogP contribution in [0.15, 0.2) is 109 Å². The van der Waals surface area contributed by atoms with Gasteiger partial charge in [0.05, 0.1) is 49.1 Å². The minimum atomic E-state index is -0.300. The molecule has 4 aromatic carbocycles. The summed E-state index contributed by atoms with van der Waals surface area (Å²) >= 11 is 0. The van der Waals surface area contributed by atoms with Gasteiger partial charge in [0.1, 0.15) is 48.4 Å². The Hall–Kier alpha value is -6.32. The van der Waals surface area contributed by atoms with E-state index in [0.29, 0.717) is 51.0 Å². The molecule has 4 fully saturated rings. The average molecular weight is 947 g/mol. The number of nitrogens with zero attached hydrogens (tertiary/aromatic N) is 6. The predicted molar refractivity (Wildman–Crippen MR) is 269 cm³/mol. The van der Waals surface area contributed by atoms with Crippen LogP contribution in [-0.4, -0.2) is 131 Å². The van der Waals surface area contributed by atoms with Crippen molar-refractivity contribution >= 4 is 11.8 Å². The summed E-state index contributed by atoms with van der Waals surface area (Å²) in [6.07, 6.45) is 11.7. The largest absolute Gasteiger partial charge is 0.491 e. The summed E-state index contributed by atoms with van der Waals surface area (Å²) in [7, 11) is 3.33. The summed E-state index contributed by atoms with van der Waals surface area (Å²) < 4.78 is 23.8. The summed E-state index contributed by atoms with van der Waals surface area (Å²) in [6.45, 7) is 6.63. The number of carbonyl (C=O) groups excluding carboxylic acids is 2. The summed E-state index contributed by atoms with van der Waals surface area (Å²) in [4.78, 5) is 54.8. The first kappa shape index (κ1) is 47.4. The molecular weight excluding hydrogens is 881 g/mol. The third-order valence-corrected chi connectivity index (χ3v) is 14.6. The van der Waals surface area contributed by atoms with Gasteiger partial charge in [-0.05, 0) is 113 Å². The number of aromatic nitrogens is 4. The maximum atomic E-state index is 14.5. The summed E-state index contributed by atoms with van der Waals surface area (Å²) in [5.41, 5.74) is 7.30. The lowest BCUT2D eigenvalue weighted by Crippen LogP contribution is -2.42. The normalized spacial score (nSPS) is 19.5. The Morgan fingerprint density at radius 1 is 0.543 bits per heavy atom. The molecule has 2 aromatic heterocycles. The van der Waals surface area contributed by atoms with Gasteiger partial charge in [-0.1, -0.05) is 72.8 Å². The number of carbonyl (C=O) groups is 2. The van der Waals surface area contributed by atoms with Crippen molar-refractivity contribution < 1.29 is 28.5 Å². The molecule has 6 aromatic rings. The minimum absolute atomic E-state index is 0.144. The summed E-state index contributed by atoms with van der Waals surface area (Å²) in [5.74, 6) is 3.20. The van der Waals surface area contributed by atoms with Crippen molar-refractivity contribution in [1.82, 2.24) is 39.5 Å². The zero-order valence-corrected chi connectivity index (χ0v) is 40.6. The van der Waals surface area contributed by atoms with E-state index in [1.807, 2.05) is 70.7 Å². The molecule has 4 saturated heterocycles. The number of imidazole rings is 2. The maximum Gasteiger partial charge on any atom is 0.245 e. The molecule has 2 N–H and O–H groups in total. The second kappa shape index (κ2) is 22.2. The van der Waals surface area contributed by atoms with E-state index in [-0.39, 0.29) is 36.0 Å². The number of H-pyrrole nitrogens is 2. The molecule has 70 heavy (non-hydrogen) atoms. The van der Waals surface area contributed by atoms with Gasteiger partial charge in [0.25, 0.3) is 0 Å². The lowest BCUT2D eigenvalue weighted by molar-refractivity contribution is -0.138. The first-order valence-corrected chi connectivity index (χ1v) is 25.3. The number of ether oxygens (including phenoxy) is 4. The number of hydrogen-bond donors (Lipinski definition) is 2. The van der Waals surface area contributed by atoms with Crippen molar-refractivity contribution in [3.63, 3.8) is 0 Å². The summed E-state index contributed by atoms with van der Waals surface area (Å²) in [6, 6.07) is 31.9. The number of rotatable bonds is 19. The zero-order chi connectivity index (χ0) is 47.8. The van der Waals surface area contributed by atoms with Crippen LogP contribution in [0.4, 0.5) is 0 Å². The fraction of sp³-hybridized carbons (Fsp3) is 0.429. The molecule has 0 bridgehead atoms. The van der Waals surface area contributed by atoms with Gasteiger partial charge in [0.15, 0.2) is 0 Å². The SMILES string of the molecule is COCCOc1cc(-c2cnc(C3CCCN3C(=O)C(c3ccccc3)N3CCCC3)[nH]2)ccc1-c1ccc(-c2cnc(C3CCCN3C(=O)C(c3ccccc3)N3CCCC3)[nH]2)cc1OCCOC. The lowest BCUT2D eigenvalue weighted by Gasteiger charge is -2.33. The standard InChI is InChI=1S/C56H66N8O6/c1-67-31-33-69-49-35-41(45-37-57-53(59-45)47-19-13-29-63(47)55(65)51(61-25-9-10-26-61)39-15-5-3-6-16-39)21-23-43(49)44-24-22-42(36-50(44)70-34-32-68-2)46-38-58-54(60-46)48-20-14-30-64(48)56(66)52(62-27-11-12-28-62)40-17-7-4-8-18-40/h3-8,15-18,21-24,35-38,47-48,51-52H,9-14,19-20,25-34H2,1-2H3,(H,57,59)(H,58,60). The predicted octanol–water partition coefficient (Wildman–Crippen LogP) is 9.19. The molecule has 0 aliphatic carbocycles. The number of hydrogen-bond acceptors (Lipinski definition) is 10. The van der Waals surface area contributed by atoms with Gasteiger partial charge < -0.3 is 38.7 Å². The molecule has 14 heteroatoms. The third-order valence-electron chi connectivity index (χ3n) is 14.6. The van der Waals surface area contributed by atoms with E-state index in [9.17, 15) is 9.59 Å². The third kappa shape index (κ3) is 10.1. The second-order valence-corrected chi connectivity index (χ2v) is 19.0. The first-order valence-electron chi connectivity index (χ1n) is 25.3. The zero-order valence-electron chi connectivity index (χ0n) is 40.6. The second-order valence-electron chi connectivity index (χ2n) is 19.0. The van der Waals surface area contributed by atoms with Crippen LogP contribution in [0.1, 0.15) is 98.3 Å². The van der Waals surface area contributed by atoms with Crippen molar-refractivity contribution in [2.45, 2.75) is 75.5 Å². The highest BCUT2D eigenvalue weighted by atomic mass is 16.5. The molecule has 6 heterocycles. The molecule has 4 aliphatic rings. The van der Waals surface area contributed by atoms with E-state index >= 15 is 0 Å². The Labute approximate surface area is 411 Å². The van der Waals surface area contributed by atoms with Crippen LogP contribution in [0, 0.1) is 0 Å². The Morgan fingerprint density at radius 3 is 1.36 bits per heavy atom. The number of benzene rings is 4. The molecule has 0 radical (unpaired) electrons. The molecule has 4 unspecified atom stereocenters. The number of aromatic amines is 2. The van der Waals surface area contributed by atoms with E-state index in [4.69, 9.17) is 28.9 Å². The van der Waals surface area contributed by atoms with Gasteiger partial charge in [-0.3, -0.25) is 19.4 Å². The number of amides is 2. The molecule has 366 valence electrons. The van der Waals surface area contributed by atoms with Crippen molar-refractivity contribution in [2.24, 2.45) is 0 Å². The molecule has 4 atom stereocenters. The van der Waals surface area contributed by atoms with Crippen LogP contribution in [0.25, 0.3) is 33.6 Å². The number of likely N-dealkylation sites (tertiary alicyclic amines) is 4. The smallest absolute Gasteiger partial charge is 0.245 e. The van der Waals surface area contributed by atoms with Gasteiger partial charge in [0.2, 0.25) is 11.8 Å². The monoisotopic (exact) mass is 947 g/mol. The Balaban J connectivity index is 0.909. The highest BCUT2D eigenvalue weighted by Gasteiger charge is 2.41. The van der Waals surface area contributed by atoms with Gasteiger partial charge in [-0.2, -0.15) is 0 Å². The Bertz CT molecular complexity index is 2500. The highest BCUT2D eigenvalue weighted by Crippen LogP contribution is 2.43. The fourth-order valence-electron chi connectivity index (χ4n) is 11.1. The number of nitrogens with one attached hydrogen (secondary N) is 2. The number of methoxy groups -OCH3 is 2. The minimum Gasteiger partial charge on any atom is -0.491 e. The van der Waals surface area contributed by atoms with Crippen LogP contribution in [0.5, 0.6) is 11.5 Å². The Kier molecular flexibility index (Phi) is 15.0. The van der Waals surface area contributed by atoms with Crippen LogP contribution >= 0.6 is 0 Å². The van der Waals surface area contributed by atoms with Crippen LogP contribution < -0.4 is 9.47 Å². The molecule has 0 saturated carbocycles. The molecule has 0 spiro atoms. The van der Waals surface area contributed by atoms with Crippen molar-refractivity contribution in [3.05, 3.63) is 132 Å². The topological polar surface area (TPSA) is 141 Å². The maximum absolute atomic E-state index is 14.5. The van der Waals surface area contributed by atoms with E-state index in [1.54, 1.807) is 14.2 Å². The van der Waals surface area contributed by atoms with E-state index in [1.165, 1.54) is 0 Å². The summed E-state index contributed by atoms with van der Waals surface area (Å²) in [5, 5.41) is 0. The highest BCUT2D eigenvalue weighted by molar-refractivity contribution is 5.85. The average Bonchev–Trinajstić information content (AvgIpc) is 4.26. The van der Waals surface area contributed by atoms with Crippen molar-refractivity contribution in [3.8, 4) is 45.1 Å². The Morgan fingerprint density at radius 2 is 0.957 bits per heavy atom. The van der Waals surface area contributed by atoms with Crippen LogP contribution in [-0.2, 0) is 19.1 Å². The van der Waals surface area contributed by atoms with E-state index in [2.05, 4.69) is 68.3 Å². The van der Waals surface area contributed by atoms with Gasteiger partial charge in [0, 0.05) is 49.6 Å². The van der Waals surface area contributed by atoms with E-state index < -0.39 is 0 Å². The van der Waals surface area contributed by atoms with Crippen LogP contribution in [0.2, 0.25) is 0 Å². The molecule has 14 nitrogen and oxygen atoms in total. The molecule has 10 rings (SSSR count). The van der Waals surface area contributed by atoms with Gasteiger partial charge in [-0.25, -0.2) is 9.97 Å². The van der Waals surface area contributed by atoms with Gasteiger partial charge in [-0.15, -0.1) is 0 Å². The molecular formula is C56H66N8O6. The molecule has 2 amide bonds. The molecule has 4 aliphatic heterocycles. The van der Waals surface area contributed by atoms with Crippen molar-refractivity contribution in [2.75, 3.05) is 79.9 Å². The lowest BCUT2D eigenvalue weighted by atomic mass is 9.98. The quantitative estimate of drug-likeness (QED) is 0.0756. The van der Waals surface area contributed by atoms with Gasteiger partial charge >= 0.3 is 0 Å². The van der Waals surface area contributed by atoms with E-state index in [0.717, 1.165) is 134 Å². The van der Waals surface area contributed by atoms with Crippen molar-refractivity contribution in [1.29, 1.82) is 0 Å².